The molecule has 0 bridgehead atoms. The smallest absolute Gasteiger partial charge is 0.357 e. The van der Waals surface area contributed by atoms with E-state index in [4.69, 9.17) is 4.84 Å². The molecule has 1 aromatic carbocycles. The summed E-state index contributed by atoms with van der Waals surface area (Å²) in [6, 6.07) is 8.83. The minimum atomic E-state index is -0.390. The van der Waals surface area contributed by atoms with Crippen LogP contribution < -0.4 is 0 Å². The molecule has 0 N–H and O–H groups in total. The highest BCUT2D eigenvalue weighted by atomic mass is 16.7. The molecule has 0 fully saturated rings. The van der Waals surface area contributed by atoms with Gasteiger partial charge in [-0.2, -0.15) is 0 Å². The molecular formula is C15H21NO3. The summed E-state index contributed by atoms with van der Waals surface area (Å²) in [5.41, 5.74) is 0.510. The molecule has 0 amide bonds. The second-order valence-electron chi connectivity index (χ2n) is 4.45. The van der Waals surface area contributed by atoms with Gasteiger partial charge in [-0.25, -0.2) is 4.79 Å². The van der Waals surface area contributed by atoms with Crippen molar-refractivity contribution in [2.45, 2.75) is 27.2 Å². The zero-order chi connectivity index (χ0) is 14.3. The van der Waals surface area contributed by atoms with E-state index in [1.807, 2.05) is 26.8 Å². The lowest BCUT2D eigenvalue weighted by molar-refractivity contribution is -0.134. The van der Waals surface area contributed by atoms with Gasteiger partial charge in [0.05, 0.1) is 5.56 Å². The van der Waals surface area contributed by atoms with Gasteiger partial charge in [0.1, 0.15) is 5.78 Å². The van der Waals surface area contributed by atoms with Gasteiger partial charge < -0.3 is 4.84 Å². The van der Waals surface area contributed by atoms with E-state index < -0.39 is 5.97 Å². The van der Waals surface area contributed by atoms with Crippen LogP contribution in [0.4, 0.5) is 0 Å². The molecule has 1 rings (SSSR count). The molecule has 0 saturated carbocycles. The Morgan fingerprint density at radius 1 is 1.21 bits per heavy atom. The van der Waals surface area contributed by atoms with Crippen molar-refractivity contribution in [3.63, 3.8) is 0 Å². The number of carbonyl (C=O) groups excluding carboxylic acids is 2. The first kappa shape index (κ1) is 15.4. The SMILES string of the molecule is CCC(=O)C(C)CN(CC)OC(=O)c1ccccc1. The number of ketones is 1. The molecule has 1 unspecified atom stereocenters. The molecule has 4 nitrogen and oxygen atoms in total. The number of Topliss-reactive ketones (excluding diaryl/α,β-unsaturated/α-hetero) is 1. The van der Waals surface area contributed by atoms with Crippen LogP contribution in [0.2, 0.25) is 0 Å². The van der Waals surface area contributed by atoms with E-state index in [0.717, 1.165) is 0 Å². The second-order valence-corrected chi connectivity index (χ2v) is 4.45. The van der Waals surface area contributed by atoms with E-state index in [2.05, 4.69) is 0 Å². The van der Waals surface area contributed by atoms with Crippen molar-refractivity contribution in [3.8, 4) is 0 Å². The van der Waals surface area contributed by atoms with Gasteiger partial charge in [0.15, 0.2) is 0 Å². The highest BCUT2D eigenvalue weighted by Gasteiger charge is 2.18. The van der Waals surface area contributed by atoms with Gasteiger partial charge in [-0.3, -0.25) is 4.79 Å². The van der Waals surface area contributed by atoms with Crippen LogP contribution in [0.5, 0.6) is 0 Å². The molecule has 0 aliphatic carbocycles. The van der Waals surface area contributed by atoms with Gasteiger partial charge in [0.25, 0.3) is 0 Å². The molecule has 0 spiro atoms. The van der Waals surface area contributed by atoms with Crippen LogP contribution in [0.1, 0.15) is 37.6 Å². The van der Waals surface area contributed by atoms with Crippen molar-refractivity contribution in [2.75, 3.05) is 13.1 Å². The van der Waals surface area contributed by atoms with E-state index in [9.17, 15) is 9.59 Å². The fourth-order valence-corrected chi connectivity index (χ4v) is 1.73. The summed E-state index contributed by atoms with van der Waals surface area (Å²) >= 11 is 0. The number of hydroxylamine groups is 2. The Morgan fingerprint density at radius 2 is 1.84 bits per heavy atom. The molecule has 1 aromatic rings. The van der Waals surface area contributed by atoms with Crippen molar-refractivity contribution in [1.82, 2.24) is 5.06 Å². The number of nitrogens with zero attached hydrogens (tertiary/aromatic N) is 1. The standard InChI is InChI=1S/C15H21NO3/c1-4-14(17)12(3)11-16(5-2)19-15(18)13-9-7-6-8-10-13/h6-10,12H,4-5,11H2,1-3H3. The monoisotopic (exact) mass is 263 g/mol. The minimum Gasteiger partial charge on any atom is -0.364 e. The van der Waals surface area contributed by atoms with Gasteiger partial charge >= 0.3 is 5.97 Å². The van der Waals surface area contributed by atoms with Crippen LogP contribution in [0.15, 0.2) is 30.3 Å². The number of benzene rings is 1. The fraction of sp³-hybridized carbons (Fsp3) is 0.467. The largest absolute Gasteiger partial charge is 0.364 e. The Hall–Kier alpha value is -1.68. The van der Waals surface area contributed by atoms with E-state index in [1.165, 1.54) is 5.06 Å². The lowest BCUT2D eigenvalue weighted by Gasteiger charge is -2.22. The summed E-state index contributed by atoms with van der Waals surface area (Å²) in [5, 5.41) is 1.54. The van der Waals surface area contributed by atoms with Crippen molar-refractivity contribution >= 4 is 11.8 Å². The molecule has 0 aliphatic heterocycles. The summed E-state index contributed by atoms with van der Waals surface area (Å²) in [5.74, 6) is -0.346. The summed E-state index contributed by atoms with van der Waals surface area (Å²) in [6.07, 6.45) is 0.505. The molecule has 4 heteroatoms. The molecule has 0 heterocycles. The highest BCUT2D eigenvalue weighted by Crippen LogP contribution is 2.08. The summed E-state index contributed by atoms with van der Waals surface area (Å²) in [6.45, 7) is 6.57. The first-order valence-corrected chi connectivity index (χ1v) is 6.63. The van der Waals surface area contributed by atoms with E-state index in [-0.39, 0.29) is 11.7 Å². The van der Waals surface area contributed by atoms with Gasteiger partial charge in [-0.1, -0.05) is 32.0 Å². The van der Waals surface area contributed by atoms with Crippen molar-refractivity contribution in [1.29, 1.82) is 0 Å². The van der Waals surface area contributed by atoms with Gasteiger partial charge in [-0.15, -0.1) is 5.06 Å². The van der Waals surface area contributed by atoms with Crippen LogP contribution in [0.25, 0.3) is 0 Å². The normalized spacial score (nSPS) is 12.2. The predicted molar refractivity (Wildman–Crippen MR) is 73.6 cm³/mol. The Morgan fingerprint density at radius 3 is 2.37 bits per heavy atom. The quantitative estimate of drug-likeness (QED) is 0.710. The van der Waals surface area contributed by atoms with Gasteiger partial charge in [0.2, 0.25) is 0 Å². The molecular weight excluding hydrogens is 242 g/mol. The van der Waals surface area contributed by atoms with E-state index >= 15 is 0 Å². The number of carbonyl (C=O) groups is 2. The maximum atomic E-state index is 11.9. The molecule has 0 aromatic heterocycles. The van der Waals surface area contributed by atoms with Crippen molar-refractivity contribution in [3.05, 3.63) is 35.9 Å². The van der Waals surface area contributed by atoms with Crippen LogP contribution in [-0.2, 0) is 9.63 Å². The van der Waals surface area contributed by atoms with E-state index in [1.54, 1.807) is 24.3 Å². The van der Waals surface area contributed by atoms with Crippen LogP contribution >= 0.6 is 0 Å². The Bertz CT molecular complexity index is 417. The van der Waals surface area contributed by atoms with Crippen molar-refractivity contribution < 1.29 is 14.4 Å². The molecule has 1 atom stereocenters. The highest BCUT2D eigenvalue weighted by molar-refractivity contribution is 5.89. The number of hydrogen-bond donors (Lipinski definition) is 0. The summed E-state index contributed by atoms with van der Waals surface area (Å²) in [7, 11) is 0. The molecule has 0 saturated heterocycles. The van der Waals surface area contributed by atoms with Crippen molar-refractivity contribution in [2.24, 2.45) is 5.92 Å². The Labute approximate surface area is 114 Å². The lowest BCUT2D eigenvalue weighted by atomic mass is 10.1. The fourth-order valence-electron chi connectivity index (χ4n) is 1.73. The molecule has 104 valence electrons. The lowest BCUT2D eigenvalue weighted by Crippen LogP contribution is -2.33. The number of hydrogen-bond acceptors (Lipinski definition) is 4. The first-order valence-electron chi connectivity index (χ1n) is 6.63. The maximum Gasteiger partial charge on any atom is 0.357 e. The van der Waals surface area contributed by atoms with Crippen LogP contribution in [0.3, 0.4) is 0 Å². The number of rotatable bonds is 7. The first-order chi connectivity index (χ1) is 9.08. The van der Waals surface area contributed by atoms with Gasteiger partial charge in [-0.05, 0) is 19.1 Å². The predicted octanol–water partition coefficient (Wildman–Crippen LogP) is 2.70. The Balaban J connectivity index is 2.57. The molecule has 0 aliphatic rings. The van der Waals surface area contributed by atoms with Crippen LogP contribution in [0, 0.1) is 5.92 Å². The third-order valence-electron chi connectivity index (χ3n) is 2.95. The summed E-state index contributed by atoms with van der Waals surface area (Å²) in [4.78, 5) is 28.7. The average Bonchev–Trinajstić information content (AvgIpc) is 2.46. The van der Waals surface area contributed by atoms with Crippen LogP contribution in [-0.4, -0.2) is 29.9 Å². The minimum absolute atomic E-state index is 0.131. The van der Waals surface area contributed by atoms with Gasteiger partial charge in [0, 0.05) is 25.4 Å². The molecule has 0 radical (unpaired) electrons. The second kappa shape index (κ2) is 7.69. The Kier molecular flexibility index (Phi) is 6.22. The van der Waals surface area contributed by atoms with E-state index in [0.29, 0.717) is 25.1 Å². The topological polar surface area (TPSA) is 46.6 Å². The molecule has 19 heavy (non-hydrogen) atoms. The maximum absolute atomic E-state index is 11.9. The zero-order valence-corrected chi connectivity index (χ0v) is 11.8. The third-order valence-corrected chi connectivity index (χ3v) is 2.95. The third kappa shape index (κ3) is 4.83. The zero-order valence-electron chi connectivity index (χ0n) is 11.8. The average molecular weight is 263 g/mol. The summed E-state index contributed by atoms with van der Waals surface area (Å²) < 4.78 is 0.